The molecule has 0 atom stereocenters. The smallest absolute Gasteiger partial charge is 0.340 e. The number of hydrogen-bond acceptors (Lipinski definition) is 9. The topological polar surface area (TPSA) is 169 Å². The molecule has 0 aliphatic heterocycles. The molecule has 11 nitrogen and oxygen atoms in total. The molecule has 3 aromatic rings. The Hall–Kier alpha value is -4.54. The van der Waals surface area contributed by atoms with Crippen LogP contribution in [0.4, 0.5) is 17.2 Å². The van der Waals surface area contributed by atoms with Crippen LogP contribution in [0.5, 0.6) is 5.75 Å². The summed E-state index contributed by atoms with van der Waals surface area (Å²) >= 11 is 0. The molecule has 170 valence electrons. The monoisotopic (exact) mass is 451 g/mol. The average molecular weight is 451 g/mol. The van der Waals surface area contributed by atoms with Crippen LogP contribution in [0.3, 0.4) is 0 Å². The predicted molar refractivity (Wildman–Crippen MR) is 119 cm³/mol. The van der Waals surface area contributed by atoms with Crippen molar-refractivity contribution in [3.63, 3.8) is 0 Å². The number of aromatic hydroxyl groups is 1. The van der Waals surface area contributed by atoms with Gasteiger partial charge >= 0.3 is 11.7 Å². The summed E-state index contributed by atoms with van der Waals surface area (Å²) in [7, 11) is 0. The second-order valence-corrected chi connectivity index (χ2v) is 6.90. The molecule has 0 aliphatic carbocycles. The Balaban J connectivity index is 1.78. The van der Waals surface area contributed by atoms with Crippen molar-refractivity contribution in [3.05, 3.63) is 80.5 Å². The minimum atomic E-state index is -0.950. The van der Waals surface area contributed by atoms with Crippen LogP contribution in [0.2, 0.25) is 0 Å². The van der Waals surface area contributed by atoms with Gasteiger partial charge in [-0.25, -0.2) is 9.59 Å². The quantitative estimate of drug-likeness (QED) is 0.268. The number of nitrogens with one attached hydrogen (secondary N) is 1. The summed E-state index contributed by atoms with van der Waals surface area (Å²) in [5.41, 5.74) is 4.42. The molecule has 0 saturated carbocycles. The van der Waals surface area contributed by atoms with Crippen LogP contribution < -0.4 is 17.0 Å². The summed E-state index contributed by atoms with van der Waals surface area (Å²) in [5.74, 6) is -1.92. The number of azo groups is 1. The number of H-pyrrole nitrogens is 1. The third-order valence-electron chi connectivity index (χ3n) is 4.55. The molecule has 4 N–H and O–H groups in total. The minimum absolute atomic E-state index is 0.0469. The summed E-state index contributed by atoms with van der Waals surface area (Å²) in [6.07, 6.45) is 0.550. The van der Waals surface area contributed by atoms with E-state index < -0.39 is 35.2 Å². The van der Waals surface area contributed by atoms with Gasteiger partial charge in [-0.05, 0) is 42.8 Å². The Morgan fingerprint density at radius 1 is 1.09 bits per heavy atom. The Morgan fingerprint density at radius 3 is 2.48 bits per heavy atom. The van der Waals surface area contributed by atoms with E-state index in [1.54, 1.807) is 31.2 Å². The first kappa shape index (κ1) is 23.1. The van der Waals surface area contributed by atoms with Gasteiger partial charge in [-0.3, -0.25) is 19.1 Å². The van der Waals surface area contributed by atoms with Crippen molar-refractivity contribution in [1.29, 1.82) is 0 Å². The van der Waals surface area contributed by atoms with E-state index in [2.05, 4.69) is 10.2 Å². The molecule has 0 radical (unpaired) electrons. The van der Waals surface area contributed by atoms with Crippen LogP contribution in [0, 0.1) is 0 Å². The third kappa shape index (κ3) is 5.39. The zero-order valence-corrected chi connectivity index (χ0v) is 17.6. The number of nitrogens with two attached hydrogens (primary N) is 1. The molecule has 0 aliphatic rings. The van der Waals surface area contributed by atoms with Gasteiger partial charge in [0.1, 0.15) is 22.8 Å². The van der Waals surface area contributed by atoms with Crippen molar-refractivity contribution in [2.75, 3.05) is 12.3 Å². The van der Waals surface area contributed by atoms with Gasteiger partial charge in [-0.1, -0.05) is 19.1 Å². The number of nitrogen functional groups attached to an aromatic ring is 1. The number of esters is 1. The molecule has 0 fully saturated rings. The molecule has 1 heterocycles. The van der Waals surface area contributed by atoms with Crippen LogP contribution in [0.15, 0.2) is 68.3 Å². The van der Waals surface area contributed by atoms with E-state index in [0.29, 0.717) is 12.1 Å². The van der Waals surface area contributed by atoms with Gasteiger partial charge in [-0.15, -0.1) is 5.11 Å². The first-order valence-corrected chi connectivity index (χ1v) is 9.94. The molecule has 0 bridgehead atoms. The number of aromatic nitrogens is 2. The zero-order chi connectivity index (χ0) is 24.0. The molecule has 33 heavy (non-hydrogen) atoms. The molecular formula is C22H21N5O6. The molecule has 0 amide bonds. The lowest BCUT2D eigenvalue weighted by Crippen LogP contribution is -2.37. The lowest BCUT2D eigenvalue weighted by Gasteiger charge is -2.11. The number of rotatable bonds is 8. The van der Waals surface area contributed by atoms with Gasteiger partial charge in [-0.2, -0.15) is 5.11 Å². The Morgan fingerprint density at radius 2 is 1.79 bits per heavy atom. The normalized spacial score (nSPS) is 10.9. The van der Waals surface area contributed by atoms with E-state index in [1.165, 1.54) is 24.3 Å². The van der Waals surface area contributed by atoms with Crippen molar-refractivity contribution < 1.29 is 19.4 Å². The fraction of sp³-hybridized carbons (Fsp3) is 0.182. The van der Waals surface area contributed by atoms with Crippen molar-refractivity contribution in [2.24, 2.45) is 10.2 Å². The van der Waals surface area contributed by atoms with Gasteiger partial charge < -0.3 is 15.6 Å². The van der Waals surface area contributed by atoms with E-state index in [4.69, 9.17) is 10.5 Å². The van der Waals surface area contributed by atoms with Crippen LogP contribution in [0.25, 0.3) is 0 Å². The number of carbonyl (C=O) groups is 2. The SMILES string of the molecule is CCCn1c(N)c(C(=O)COC(=O)c2ccccc2N=Nc2ccc(O)cc2)c(=O)[nH]c1=O. The van der Waals surface area contributed by atoms with Gasteiger partial charge in [0, 0.05) is 6.54 Å². The number of ketones is 1. The number of nitrogens with zero attached hydrogens (tertiary/aromatic N) is 3. The number of phenolic OH excluding ortho intramolecular Hbond substituents is 1. The van der Waals surface area contributed by atoms with Crippen LogP contribution >= 0.6 is 0 Å². The highest BCUT2D eigenvalue weighted by molar-refractivity contribution is 6.02. The highest BCUT2D eigenvalue weighted by atomic mass is 16.5. The maximum Gasteiger partial charge on any atom is 0.340 e. The van der Waals surface area contributed by atoms with E-state index in [0.717, 1.165) is 4.57 Å². The highest BCUT2D eigenvalue weighted by Gasteiger charge is 2.21. The lowest BCUT2D eigenvalue weighted by molar-refractivity contribution is 0.0475. The maximum absolute atomic E-state index is 12.6. The summed E-state index contributed by atoms with van der Waals surface area (Å²) in [6, 6.07) is 12.2. The van der Waals surface area contributed by atoms with E-state index in [1.807, 2.05) is 4.98 Å². The first-order valence-electron chi connectivity index (χ1n) is 9.94. The van der Waals surface area contributed by atoms with E-state index in [9.17, 15) is 24.3 Å². The third-order valence-corrected chi connectivity index (χ3v) is 4.55. The van der Waals surface area contributed by atoms with Crippen molar-refractivity contribution in [2.45, 2.75) is 19.9 Å². The van der Waals surface area contributed by atoms with Gasteiger partial charge in [0.05, 0.1) is 11.3 Å². The number of benzene rings is 2. The minimum Gasteiger partial charge on any atom is -0.508 e. The number of aromatic amines is 1. The number of ether oxygens (including phenoxy) is 1. The lowest BCUT2D eigenvalue weighted by atomic mass is 10.2. The van der Waals surface area contributed by atoms with Gasteiger partial charge in [0.25, 0.3) is 5.56 Å². The standard InChI is InChI=1S/C22H21N5O6/c1-2-11-27-19(23)18(20(30)24-22(27)32)17(29)12-33-21(31)15-5-3-4-6-16(15)26-25-13-7-9-14(28)10-8-13/h3-10,28H,2,11-12,23H2,1H3,(H,24,30,32). The second-order valence-electron chi connectivity index (χ2n) is 6.90. The predicted octanol–water partition coefficient (Wildman–Crippen LogP) is 2.69. The Bertz CT molecular complexity index is 1320. The number of carbonyl (C=O) groups excluding carboxylic acids is 2. The molecule has 2 aromatic carbocycles. The van der Waals surface area contributed by atoms with Gasteiger partial charge in [0.2, 0.25) is 5.78 Å². The largest absolute Gasteiger partial charge is 0.508 e. The molecular weight excluding hydrogens is 430 g/mol. The molecule has 0 unspecified atom stereocenters. The first-order chi connectivity index (χ1) is 15.8. The van der Waals surface area contributed by atoms with Crippen LogP contribution in [-0.4, -0.2) is 33.0 Å². The number of Topliss-reactive ketones (excluding diaryl/α,β-unsaturated/α-hetero) is 1. The molecule has 3 rings (SSSR count). The van der Waals surface area contributed by atoms with E-state index in [-0.39, 0.29) is 29.4 Å². The van der Waals surface area contributed by atoms with Crippen LogP contribution in [0.1, 0.15) is 34.1 Å². The zero-order valence-electron chi connectivity index (χ0n) is 17.6. The second kappa shape index (κ2) is 10.2. The average Bonchev–Trinajstić information content (AvgIpc) is 2.80. The Labute approximate surface area is 187 Å². The van der Waals surface area contributed by atoms with Crippen LogP contribution in [-0.2, 0) is 11.3 Å². The fourth-order valence-electron chi connectivity index (χ4n) is 2.95. The summed E-state index contributed by atoms with van der Waals surface area (Å²) < 4.78 is 6.15. The van der Waals surface area contributed by atoms with Crippen molar-refractivity contribution >= 4 is 28.9 Å². The molecule has 0 spiro atoms. The summed E-state index contributed by atoms with van der Waals surface area (Å²) in [5, 5.41) is 17.4. The summed E-state index contributed by atoms with van der Waals surface area (Å²) in [4.78, 5) is 51.2. The Kier molecular flexibility index (Phi) is 7.13. The number of hydrogen-bond donors (Lipinski definition) is 3. The molecule has 11 heteroatoms. The number of phenols is 1. The summed E-state index contributed by atoms with van der Waals surface area (Å²) in [6.45, 7) is 1.25. The number of anilines is 1. The van der Waals surface area contributed by atoms with Crippen molar-refractivity contribution in [1.82, 2.24) is 9.55 Å². The van der Waals surface area contributed by atoms with Gasteiger partial charge in [0.15, 0.2) is 6.61 Å². The van der Waals surface area contributed by atoms with Crippen molar-refractivity contribution in [3.8, 4) is 5.75 Å². The molecule has 1 aromatic heterocycles. The fourth-order valence-corrected chi connectivity index (χ4v) is 2.95. The maximum atomic E-state index is 12.6. The van der Waals surface area contributed by atoms with E-state index >= 15 is 0 Å². The highest BCUT2D eigenvalue weighted by Crippen LogP contribution is 2.24. The molecule has 0 saturated heterocycles.